The van der Waals surface area contributed by atoms with E-state index in [9.17, 15) is 9.59 Å². The van der Waals surface area contributed by atoms with E-state index in [-0.39, 0.29) is 17.4 Å². The molecule has 138 valence electrons. The van der Waals surface area contributed by atoms with Crippen molar-refractivity contribution in [2.45, 2.75) is 38.8 Å². The summed E-state index contributed by atoms with van der Waals surface area (Å²) in [6, 6.07) is 16.0. The number of hydrogen-bond donors (Lipinski definition) is 0. The maximum Gasteiger partial charge on any atom is 0.224 e. The van der Waals surface area contributed by atoms with Crippen LogP contribution in [0.25, 0.3) is 10.9 Å². The molecule has 5 nitrogen and oxygen atoms in total. The van der Waals surface area contributed by atoms with Crippen LogP contribution in [-0.4, -0.2) is 27.1 Å². The van der Waals surface area contributed by atoms with Crippen LogP contribution in [0.1, 0.15) is 36.4 Å². The quantitative estimate of drug-likeness (QED) is 0.715. The standard InChI is InChI=1S/C22H23N3O2/c1-16-8-10-17(11-9-16)19-7-4-13-24(19)22(27)12-14-25-20-6-3-2-5-18(20)21(26)15-23-25/h2-3,5-6,8-11,15,19H,4,7,12-14H2,1H3. The van der Waals surface area contributed by atoms with Crippen molar-refractivity contribution in [2.24, 2.45) is 0 Å². The third-order valence-corrected chi connectivity index (χ3v) is 5.33. The molecule has 27 heavy (non-hydrogen) atoms. The predicted molar refractivity (Wildman–Crippen MR) is 105 cm³/mol. The minimum Gasteiger partial charge on any atom is -0.336 e. The number of benzene rings is 2. The molecule has 0 spiro atoms. The maximum atomic E-state index is 12.9. The van der Waals surface area contributed by atoms with Gasteiger partial charge in [-0.15, -0.1) is 0 Å². The number of nitrogens with zero attached hydrogens (tertiary/aromatic N) is 3. The van der Waals surface area contributed by atoms with Crippen molar-refractivity contribution in [3.05, 3.63) is 76.1 Å². The maximum absolute atomic E-state index is 12.9. The molecule has 1 amide bonds. The fourth-order valence-electron chi connectivity index (χ4n) is 3.88. The number of amides is 1. The number of para-hydroxylation sites is 1. The second-order valence-electron chi connectivity index (χ2n) is 7.15. The van der Waals surface area contributed by atoms with Gasteiger partial charge in [0, 0.05) is 18.4 Å². The topological polar surface area (TPSA) is 55.2 Å². The molecule has 4 rings (SSSR count). The van der Waals surface area contributed by atoms with Gasteiger partial charge in [-0.1, -0.05) is 42.0 Å². The summed E-state index contributed by atoms with van der Waals surface area (Å²) < 4.78 is 1.76. The number of carbonyl (C=O) groups excluding carboxylic acids is 1. The first kappa shape index (κ1) is 17.5. The van der Waals surface area contributed by atoms with Gasteiger partial charge in [0.1, 0.15) is 0 Å². The van der Waals surface area contributed by atoms with Crippen LogP contribution in [0.3, 0.4) is 0 Å². The largest absolute Gasteiger partial charge is 0.336 e. The smallest absolute Gasteiger partial charge is 0.224 e. The van der Waals surface area contributed by atoms with Crippen LogP contribution >= 0.6 is 0 Å². The van der Waals surface area contributed by atoms with E-state index in [0.29, 0.717) is 18.4 Å². The van der Waals surface area contributed by atoms with Crippen LogP contribution in [0.2, 0.25) is 0 Å². The first-order valence-electron chi connectivity index (χ1n) is 9.44. The fraction of sp³-hybridized carbons (Fsp3) is 0.318. The lowest BCUT2D eigenvalue weighted by molar-refractivity contribution is -0.132. The zero-order valence-electron chi connectivity index (χ0n) is 15.5. The van der Waals surface area contributed by atoms with Crippen molar-refractivity contribution in [1.82, 2.24) is 14.7 Å². The summed E-state index contributed by atoms with van der Waals surface area (Å²) in [4.78, 5) is 26.8. The molecule has 5 heteroatoms. The number of fused-ring (bicyclic) bond motifs is 1. The summed E-state index contributed by atoms with van der Waals surface area (Å²) in [5, 5.41) is 4.86. The van der Waals surface area contributed by atoms with Gasteiger partial charge in [0.05, 0.1) is 24.3 Å². The molecule has 0 N–H and O–H groups in total. The molecule has 1 fully saturated rings. The van der Waals surface area contributed by atoms with Gasteiger partial charge >= 0.3 is 0 Å². The van der Waals surface area contributed by atoms with Gasteiger partial charge in [-0.2, -0.15) is 5.10 Å². The molecular weight excluding hydrogens is 338 g/mol. The molecule has 0 saturated carbocycles. The summed E-state index contributed by atoms with van der Waals surface area (Å²) in [6.45, 7) is 3.34. The molecule has 1 unspecified atom stereocenters. The lowest BCUT2D eigenvalue weighted by atomic mass is 10.0. The lowest BCUT2D eigenvalue weighted by Crippen LogP contribution is -2.31. The van der Waals surface area contributed by atoms with E-state index in [0.717, 1.165) is 24.9 Å². The molecule has 0 aliphatic carbocycles. The van der Waals surface area contributed by atoms with Crippen LogP contribution in [-0.2, 0) is 11.3 Å². The normalized spacial score (nSPS) is 16.8. The van der Waals surface area contributed by atoms with Crippen molar-refractivity contribution in [2.75, 3.05) is 6.54 Å². The number of aromatic nitrogens is 2. The molecular formula is C22H23N3O2. The Balaban J connectivity index is 1.50. The Morgan fingerprint density at radius 3 is 2.74 bits per heavy atom. The zero-order valence-corrected chi connectivity index (χ0v) is 15.5. The molecule has 2 heterocycles. The Kier molecular flexibility index (Phi) is 4.75. The third kappa shape index (κ3) is 3.50. The number of rotatable bonds is 4. The summed E-state index contributed by atoms with van der Waals surface area (Å²) in [7, 11) is 0. The molecule has 1 saturated heterocycles. The van der Waals surface area contributed by atoms with E-state index in [1.807, 2.05) is 23.1 Å². The SMILES string of the molecule is Cc1ccc(C2CCCN2C(=O)CCn2ncc(=O)c3ccccc32)cc1. The van der Waals surface area contributed by atoms with E-state index in [2.05, 4.69) is 36.3 Å². The lowest BCUT2D eigenvalue weighted by Gasteiger charge is -2.25. The number of likely N-dealkylation sites (tertiary alicyclic amines) is 1. The van der Waals surface area contributed by atoms with Crippen molar-refractivity contribution in [1.29, 1.82) is 0 Å². The molecule has 0 bridgehead atoms. The van der Waals surface area contributed by atoms with Crippen LogP contribution in [0.4, 0.5) is 0 Å². The number of hydrogen-bond acceptors (Lipinski definition) is 3. The summed E-state index contributed by atoms with van der Waals surface area (Å²) in [5.41, 5.74) is 3.12. The van der Waals surface area contributed by atoms with Crippen molar-refractivity contribution in [3.8, 4) is 0 Å². The van der Waals surface area contributed by atoms with Crippen molar-refractivity contribution in [3.63, 3.8) is 0 Å². The Bertz CT molecular complexity index is 1020. The summed E-state index contributed by atoms with van der Waals surface area (Å²) in [5.74, 6) is 0.141. The predicted octanol–water partition coefficient (Wildman–Crippen LogP) is 3.46. The number of carbonyl (C=O) groups is 1. The van der Waals surface area contributed by atoms with Gasteiger partial charge in [-0.05, 0) is 37.5 Å². The van der Waals surface area contributed by atoms with Gasteiger partial charge in [-0.3, -0.25) is 14.3 Å². The van der Waals surface area contributed by atoms with Gasteiger partial charge < -0.3 is 4.90 Å². The zero-order chi connectivity index (χ0) is 18.8. The van der Waals surface area contributed by atoms with E-state index in [1.165, 1.54) is 17.3 Å². The first-order chi connectivity index (χ1) is 13.1. The average molecular weight is 361 g/mol. The van der Waals surface area contributed by atoms with Gasteiger partial charge in [0.15, 0.2) is 0 Å². The van der Waals surface area contributed by atoms with Crippen molar-refractivity contribution >= 4 is 16.8 Å². The minimum absolute atomic E-state index is 0.0906. The van der Waals surface area contributed by atoms with Crippen LogP contribution in [0, 0.1) is 6.92 Å². The highest BCUT2D eigenvalue weighted by atomic mass is 16.2. The highest BCUT2D eigenvalue weighted by Crippen LogP contribution is 2.32. The third-order valence-electron chi connectivity index (χ3n) is 5.33. The molecule has 1 aliphatic rings. The van der Waals surface area contributed by atoms with E-state index < -0.39 is 0 Å². The monoisotopic (exact) mass is 361 g/mol. The van der Waals surface area contributed by atoms with E-state index >= 15 is 0 Å². The van der Waals surface area contributed by atoms with Crippen LogP contribution in [0.5, 0.6) is 0 Å². The molecule has 3 aromatic rings. The van der Waals surface area contributed by atoms with E-state index in [1.54, 1.807) is 10.7 Å². The average Bonchev–Trinajstić information content (AvgIpc) is 3.18. The Labute approximate surface area is 158 Å². The molecule has 2 aromatic carbocycles. The summed E-state index contributed by atoms with van der Waals surface area (Å²) >= 11 is 0. The molecule has 1 aromatic heterocycles. The van der Waals surface area contributed by atoms with Crippen LogP contribution < -0.4 is 5.43 Å². The Morgan fingerprint density at radius 2 is 1.93 bits per heavy atom. The first-order valence-corrected chi connectivity index (χ1v) is 9.44. The molecule has 1 aliphatic heterocycles. The number of aryl methyl sites for hydroxylation is 2. The molecule has 1 atom stereocenters. The second kappa shape index (κ2) is 7.35. The Hall–Kier alpha value is -2.95. The van der Waals surface area contributed by atoms with Crippen LogP contribution in [0.15, 0.2) is 59.5 Å². The summed E-state index contributed by atoms with van der Waals surface area (Å²) in [6.07, 6.45) is 3.75. The highest BCUT2D eigenvalue weighted by molar-refractivity contribution is 5.79. The fourth-order valence-corrected chi connectivity index (χ4v) is 3.88. The second-order valence-corrected chi connectivity index (χ2v) is 7.15. The highest BCUT2D eigenvalue weighted by Gasteiger charge is 2.29. The molecule has 0 radical (unpaired) electrons. The van der Waals surface area contributed by atoms with E-state index in [4.69, 9.17) is 0 Å². The minimum atomic E-state index is -0.0906. The van der Waals surface area contributed by atoms with Crippen molar-refractivity contribution < 1.29 is 4.79 Å². The van der Waals surface area contributed by atoms with Gasteiger partial charge in [0.2, 0.25) is 11.3 Å². The van der Waals surface area contributed by atoms with Gasteiger partial charge in [0.25, 0.3) is 0 Å². The van der Waals surface area contributed by atoms with Gasteiger partial charge in [-0.25, -0.2) is 0 Å². The Morgan fingerprint density at radius 1 is 1.15 bits per heavy atom.